The van der Waals surface area contributed by atoms with Gasteiger partial charge in [0.1, 0.15) is 0 Å². The maximum Gasteiger partial charge on any atom is 0.0223 e. The van der Waals surface area contributed by atoms with Crippen LogP contribution in [0.15, 0.2) is 0 Å². The molecular weight excluding hydrogens is 246 g/mol. The highest BCUT2D eigenvalue weighted by atomic mass is 15.3. The molecule has 3 nitrogen and oxygen atoms in total. The van der Waals surface area contributed by atoms with Crippen LogP contribution >= 0.6 is 0 Å². The van der Waals surface area contributed by atoms with E-state index in [1.165, 1.54) is 51.7 Å². The summed E-state index contributed by atoms with van der Waals surface area (Å²) < 4.78 is 0. The molecule has 0 aromatic heterocycles. The Labute approximate surface area is 126 Å². The van der Waals surface area contributed by atoms with Gasteiger partial charge >= 0.3 is 0 Å². The van der Waals surface area contributed by atoms with Gasteiger partial charge in [-0.15, -0.1) is 0 Å². The normalized spacial score (nSPS) is 31.2. The van der Waals surface area contributed by atoms with E-state index in [2.05, 4.69) is 42.9 Å². The molecule has 0 radical (unpaired) electrons. The van der Waals surface area contributed by atoms with Crippen LogP contribution in [0.3, 0.4) is 0 Å². The maximum absolute atomic E-state index is 3.64. The molecule has 2 aliphatic rings. The van der Waals surface area contributed by atoms with Crippen LogP contribution in [0.2, 0.25) is 0 Å². The summed E-state index contributed by atoms with van der Waals surface area (Å²) in [5.74, 6) is 0. The zero-order valence-corrected chi connectivity index (χ0v) is 14.1. The highest BCUT2D eigenvalue weighted by molar-refractivity contribution is 4.92. The summed E-state index contributed by atoms with van der Waals surface area (Å²) in [6.45, 7) is 13.2. The van der Waals surface area contributed by atoms with Gasteiger partial charge < -0.3 is 10.2 Å². The molecule has 2 heterocycles. The highest BCUT2D eigenvalue weighted by Gasteiger charge is 2.36. The van der Waals surface area contributed by atoms with Crippen molar-refractivity contribution in [1.29, 1.82) is 0 Å². The first-order valence-electron chi connectivity index (χ1n) is 8.73. The van der Waals surface area contributed by atoms with Crippen LogP contribution in [0, 0.1) is 5.41 Å². The van der Waals surface area contributed by atoms with E-state index in [0.717, 1.165) is 25.2 Å². The fourth-order valence-electron chi connectivity index (χ4n) is 3.92. The van der Waals surface area contributed by atoms with Gasteiger partial charge in [0.25, 0.3) is 0 Å². The minimum absolute atomic E-state index is 0.428. The molecule has 2 bridgehead atoms. The fourth-order valence-corrected chi connectivity index (χ4v) is 3.92. The molecule has 0 amide bonds. The molecule has 2 aliphatic heterocycles. The van der Waals surface area contributed by atoms with E-state index in [1.54, 1.807) is 0 Å². The summed E-state index contributed by atoms with van der Waals surface area (Å²) in [5.41, 5.74) is 0.428. The Kier molecular flexibility index (Phi) is 5.88. The van der Waals surface area contributed by atoms with E-state index < -0.39 is 0 Å². The van der Waals surface area contributed by atoms with E-state index in [-0.39, 0.29) is 0 Å². The number of likely N-dealkylation sites (N-methyl/N-ethyl adjacent to an activating group) is 1. The Morgan fingerprint density at radius 3 is 2.60 bits per heavy atom. The summed E-state index contributed by atoms with van der Waals surface area (Å²) in [4.78, 5) is 5.40. The van der Waals surface area contributed by atoms with Gasteiger partial charge in [-0.05, 0) is 57.7 Å². The lowest BCUT2D eigenvalue weighted by Crippen LogP contribution is -2.45. The molecule has 1 N–H and O–H groups in total. The van der Waals surface area contributed by atoms with Crippen molar-refractivity contribution in [3.05, 3.63) is 0 Å². The van der Waals surface area contributed by atoms with Crippen molar-refractivity contribution in [2.45, 2.75) is 65.0 Å². The predicted molar refractivity (Wildman–Crippen MR) is 87.2 cm³/mol. The molecule has 2 rings (SSSR count). The largest absolute Gasteiger partial charge is 0.316 e. The van der Waals surface area contributed by atoms with E-state index in [1.807, 2.05) is 0 Å². The minimum atomic E-state index is 0.428. The van der Waals surface area contributed by atoms with Crippen molar-refractivity contribution in [1.82, 2.24) is 15.1 Å². The lowest BCUT2D eigenvalue weighted by molar-refractivity contribution is 0.142. The Morgan fingerprint density at radius 2 is 1.90 bits per heavy atom. The van der Waals surface area contributed by atoms with Crippen molar-refractivity contribution in [3.63, 3.8) is 0 Å². The van der Waals surface area contributed by atoms with Crippen molar-refractivity contribution in [2.24, 2.45) is 5.41 Å². The van der Waals surface area contributed by atoms with Crippen LogP contribution in [0.1, 0.15) is 52.9 Å². The maximum atomic E-state index is 3.64. The number of nitrogens with zero attached hydrogens (tertiary/aromatic N) is 2. The predicted octanol–water partition coefficient (Wildman–Crippen LogP) is 2.57. The Morgan fingerprint density at radius 1 is 1.15 bits per heavy atom. The van der Waals surface area contributed by atoms with Gasteiger partial charge in [-0.25, -0.2) is 0 Å². The van der Waals surface area contributed by atoms with Crippen molar-refractivity contribution >= 4 is 0 Å². The first kappa shape index (κ1) is 16.3. The molecule has 118 valence electrons. The van der Waals surface area contributed by atoms with Gasteiger partial charge in [0.2, 0.25) is 0 Å². The highest BCUT2D eigenvalue weighted by Crippen LogP contribution is 2.30. The molecule has 2 fully saturated rings. The van der Waals surface area contributed by atoms with E-state index in [4.69, 9.17) is 0 Å². The third-order valence-electron chi connectivity index (χ3n) is 5.67. The lowest BCUT2D eigenvalue weighted by atomic mass is 9.86. The Bertz CT molecular complexity index is 294. The fraction of sp³-hybridized carbons (Fsp3) is 1.00. The van der Waals surface area contributed by atoms with Crippen LogP contribution in [0.4, 0.5) is 0 Å². The average Bonchev–Trinajstić information content (AvgIpc) is 2.68. The monoisotopic (exact) mass is 281 g/mol. The summed E-state index contributed by atoms with van der Waals surface area (Å²) in [6.07, 6.45) is 6.71. The van der Waals surface area contributed by atoms with E-state index in [9.17, 15) is 0 Å². The number of fused-ring (bicyclic) bond motifs is 2. The van der Waals surface area contributed by atoms with E-state index >= 15 is 0 Å². The molecule has 3 unspecified atom stereocenters. The standard InChI is InChI=1S/C17H35N3/c1-5-10-18-13-17(3,6-2)14-20-11-9-15-7-8-16(12-20)19(15)4/h15-16,18H,5-14H2,1-4H3. The molecule has 2 saturated heterocycles. The van der Waals surface area contributed by atoms with Crippen LogP contribution in [-0.2, 0) is 0 Å². The molecule has 0 aromatic rings. The number of nitrogens with one attached hydrogen (secondary N) is 1. The summed E-state index contributed by atoms with van der Waals surface area (Å²) in [5, 5.41) is 3.64. The van der Waals surface area contributed by atoms with Gasteiger partial charge in [-0.1, -0.05) is 20.8 Å². The van der Waals surface area contributed by atoms with Crippen LogP contribution in [0.5, 0.6) is 0 Å². The number of rotatable bonds is 7. The van der Waals surface area contributed by atoms with Gasteiger partial charge in [0, 0.05) is 31.7 Å². The Hall–Kier alpha value is -0.120. The summed E-state index contributed by atoms with van der Waals surface area (Å²) >= 11 is 0. The quantitative estimate of drug-likeness (QED) is 0.724. The second-order valence-electron chi connectivity index (χ2n) is 7.42. The molecule has 0 spiro atoms. The summed E-state index contributed by atoms with van der Waals surface area (Å²) in [6, 6.07) is 1.67. The van der Waals surface area contributed by atoms with Gasteiger partial charge in [-0.3, -0.25) is 4.90 Å². The molecule has 0 aliphatic carbocycles. The molecular formula is C17H35N3. The topological polar surface area (TPSA) is 18.5 Å². The van der Waals surface area contributed by atoms with Gasteiger partial charge in [0.05, 0.1) is 0 Å². The number of hydrogen-bond donors (Lipinski definition) is 1. The Balaban J connectivity index is 1.87. The van der Waals surface area contributed by atoms with Crippen LogP contribution in [-0.4, -0.2) is 61.7 Å². The number of likely N-dealkylation sites (tertiary alicyclic amines) is 1. The van der Waals surface area contributed by atoms with Crippen molar-refractivity contribution in [3.8, 4) is 0 Å². The van der Waals surface area contributed by atoms with Crippen molar-refractivity contribution < 1.29 is 0 Å². The third-order valence-corrected chi connectivity index (χ3v) is 5.67. The zero-order valence-electron chi connectivity index (χ0n) is 14.1. The molecule has 20 heavy (non-hydrogen) atoms. The smallest absolute Gasteiger partial charge is 0.0223 e. The summed E-state index contributed by atoms with van der Waals surface area (Å²) in [7, 11) is 2.34. The van der Waals surface area contributed by atoms with Gasteiger partial charge in [-0.2, -0.15) is 0 Å². The number of hydrogen-bond acceptors (Lipinski definition) is 3. The first-order chi connectivity index (χ1) is 9.58. The zero-order chi connectivity index (χ0) is 14.6. The second kappa shape index (κ2) is 7.24. The van der Waals surface area contributed by atoms with E-state index in [0.29, 0.717) is 5.41 Å². The molecule has 3 atom stereocenters. The van der Waals surface area contributed by atoms with Crippen molar-refractivity contribution in [2.75, 3.05) is 39.8 Å². The molecule has 0 aromatic carbocycles. The van der Waals surface area contributed by atoms with Gasteiger partial charge in [0.15, 0.2) is 0 Å². The van der Waals surface area contributed by atoms with Crippen LogP contribution in [0.25, 0.3) is 0 Å². The first-order valence-corrected chi connectivity index (χ1v) is 8.73. The lowest BCUT2D eigenvalue weighted by Gasteiger charge is -2.36. The third kappa shape index (κ3) is 3.96. The van der Waals surface area contributed by atoms with Crippen LogP contribution < -0.4 is 5.32 Å². The average molecular weight is 281 g/mol. The minimum Gasteiger partial charge on any atom is -0.316 e. The molecule has 3 heteroatoms. The second-order valence-corrected chi connectivity index (χ2v) is 7.42. The SMILES string of the molecule is CCCNCC(C)(CC)CN1CCC2CCC(C1)N2C. The molecule has 0 saturated carbocycles.